The number of methoxy groups -OCH3 is 1. The summed E-state index contributed by atoms with van der Waals surface area (Å²) < 4.78 is 42.4. The number of fused-ring (bicyclic) bond motifs is 1. The number of rotatable bonds is 8. The Hall–Kier alpha value is -2.60. The van der Waals surface area contributed by atoms with E-state index in [-0.39, 0.29) is 34.5 Å². The van der Waals surface area contributed by atoms with Crippen LogP contribution in [0.2, 0.25) is 10.0 Å². The zero-order valence-corrected chi connectivity index (χ0v) is 20.3. The van der Waals surface area contributed by atoms with Crippen LogP contribution in [0.15, 0.2) is 41.3 Å². The minimum absolute atomic E-state index is 0.0362. The summed E-state index contributed by atoms with van der Waals surface area (Å²) in [6.07, 6.45) is 0.785. The molecule has 33 heavy (non-hydrogen) atoms. The number of sulfonamides is 1. The number of amides is 1. The lowest BCUT2D eigenvalue weighted by molar-refractivity contribution is -0.120. The van der Waals surface area contributed by atoms with Gasteiger partial charge in [0.2, 0.25) is 5.91 Å². The molecule has 0 fully saturated rings. The van der Waals surface area contributed by atoms with Crippen LogP contribution in [0.5, 0.6) is 10.9 Å². The number of hydrogen-bond acceptors (Lipinski definition) is 8. The van der Waals surface area contributed by atoms with Crippen molar-refractivity contribution in [1.29, 1.82) is 0 Å². The number of halogens is 2. The summed E-state index contributed by atoms with van der Waals surface area (Å²) in [5.74, 6) is -0.136. The third kappa shape index (κ3) is 5.49. The molecule has 174 valence electrons. The molecule has 0 aliphatic carbocycles. The molecule has 1 aromatic heterocycles. The Balaban J connectivity index is 1.44. The summed E-state index contributed by atoms with van der Waals surface area (Å²) >= 11 is 12.9. The van der Waals surface area contributed by atoms with Crippen LogP contribution in [-0.2, 0) is 21.2 Å². The fraction of sp³-hybridized carbons (Fsp3) is 0.250. The van der Waals surface area contributed by atoms with E-state index in [4.69, 9.17) is 32.7 Å². The van der Waals surface area contributed by atoms with E-state index in [0.717, 1.165) is 11.5 Å². The smallest absolute Gasteiger partial charge is 0.294 e. The first-order valence-corrected chi connectivity index (χ1v) is 12.7. The molecule has 0 spiro atoms. The van der Waals surface area contributed by atoms with Gasteiger partial charge in [-0.25, -0.2) is 13.1 Å². The summed E-state index contributed by atoms with van der Waals surface area (Å²) in [5.41, 5.74) is 1.28. The number of hydrogen-bond donors (Lipinski definition) is 2. The van der Waals surface area contributed by atoms with Crippen molar-refractivity contribution in [1.82, 2.24) is 9.36 Å². The Morgan fingerprint density at radius 3 is 2.79 bits per heavy atom. The second kappa shape index (κ2) is 9.72. The highest BCUT2D eigenvalue weighted by atomic mass is 35.5. The van der Waals surface area contributed by atoms with Crippen LogP contribution in [0.25, 0.3) is 0 Å². The SMILES string of the molecule is COc1nc(NS(=O)(=O)c2ccc3c(c2)CC(CCOc2ccc(Cl)cc2Cl)C(=O)N3)ns1. The van der Waals surface area contributed by atoms with Crippen LogP contribution in [0, 0.1) is 5.92 Å². The number of carbonyl (C=O) groups is 1. The average Bonchev–Trinajstić information content (AvgIpc) is 3.22. The first-order valence-electron chi connectivity index (χ1n) is 9.67. The monoisotopic (exact) mass is 528 g/mol. The predicted octanol–water partition coefficient (Wildman–Crippen LogP) is 4.23. The Bertz CT molecular complexity index is 1300. The van der Waals surface area contributed by atoms with Gasteiger partial charge in [-0.2, -0.15) is 4.98 Å². The van der Waals surface area contributed by atoms with E-state index in [1.807, 2.05) is 0 Å². The fourth-order valence-corrected chi connectivity index (χ4v) is 5.24. The first-order chi connectivity index (χ1) is 15.7. The minimum atomic E-state index is -3.92. The van der Waals surface area contributed by atoms with E-state index in [9.17, 15) is 13.2 Å². The average molecular weight is 529 g/mol. The highest BCUT2D eigenvalue weighted by Crippen LogP contribution is 2.31. The molecule has 3 aromatic rings. The molecule has 1 amide bonds. The maximum absolute atomic E-state index is 12.8. The summed E-state index contributed by atoms with van der Waals surface area (Å²) in [6, 6.07) is 9.42. The number of nitrogens with one attached hydrogen (secondary N) is 2. The van der Waals surface area contributed by atoms with Gasteiger partial charge in [0, 0.05) is 28.2 Å². The highest BCUT2D eigenvalue weighted by Gasteiger charge is 2.28. The number of aromatic nitrogens is 2. The van der Waals surface area contributed by atoms with Gasteiger partial charge in [-0.05, 0) is 54.8 Å². The normalized spacial score (nSPS) is 15.5. The lowest BCUT2D eigenvalue weighted by atomic mass is 9.91. The largest absolute Gasteiger partial charge is 0.492 e. The molecule has 0 saturated carbocycles. The zero-order chi connectivity index (χ0) is 23.6. The molecule has 1 atom stereocenters. The van der Waals surface area contributed by atoms with Gasteiger partial charge in [0.05, 0.1) is 23.6 Å². The van der Waals surface area contributed by atoms with Crippen LogP contribution in [0.4, 0.5) is 11.6 Å². The van der Waals surface area contributed by atoms with Gasteiger partial charge in [-0.15, -0.1) is 4.37 Å². The van der Waals surface area contributed by atoms with Gasteiger partial charge in [-0.1, -0.05) is 23.2 Å². The number of carbonyl (C=O) groups excluding carboxylic acids is 1. The second-order valence-electron chi connectivity index (χ2n) is 7.11. The van der Waals surface area contributed by atoms with E-state index in [1.54, 1.807) is 24.3 Å². The molecule has 2 N–H and O–H groups in total. The molecule has 0 saturated heterocycles. The van der Waals surface area contributed by atoms with Gasteiger partial charge in [0.25, 0.3) is 21.2 Å². The molecule has 0 radical (unpaired) electrons. The van der Waals surface area contributed by atoms with Crippen molar-refractivity contribution in [2.75, 3.05) is 23.8 Å². The Kier molecular flexibility index (Phi) is 6.94. The van der Waals surface area contributed by atoms with Crippen molar-refractivity contribution < 1.29 is 22.7 Å². The molecular weight excluding hydrogens is 511 g/mol. The lowest BCUT2D eigenvalue weighted by Gasteiger charge is -2.25. The van der Waals surface area contributed by atoms with E-state index in [1.165, 1.54) is 19.2 Å². The Morgan fingerprint density at radius 1 is 1.24 bits per heavy atom. The van der Waals surface area contributed by atoms with Crippen molar-refractivity contribution in [3.8, 4) is 10.9 Å². The topological polar surface area (TPSA) is 120 Å². The van der Waals surface area contributed by atoms with E-state index < -0.39 is 10.0 Å². The van der Waals surface area contributed by atoms with Crippen LogP contribution in [-0.4, -0.2) is 37.4 Å². The summed E-state index contributed by atoms with van der Waals surface area (Å²) in [6.45, 7) is 0.256. The van der Waals surface area contributed by atoms with Gasteiger partial charge >= 0.3 is 0 Å². The summed E-state index contributed by atoms with van der Waals surface area (Å²) in [7, 11) is -2.50. The number of anilines is 2. The quantitative estimate of drug-likeness (QED) is 0.448. The van der Waals surface area contributed by atoms with Crippen LogP contribution >= 0.6 is 34.7 Å². The maximum atomic E-state index is 12.8. The highest BCUT2D eigenvalue weighted by molar-refractivity contribution is 7.92. The van der Waals surface area contributed by atoms with Crippen LogP contribution < -0.4 is 19.5 Å². The third-order valence-corrected chi connectivity index (χ3v) is 7.44. The van der Waals surface area contributed by atoms with Gasteiger partial charge in [-0.3, -0.25) is 4.79 Å². The second-order valence-corrected chi connectivity index (χ2v) is 10.4. The Morgan fingerprint density at radius 2 is 2.06 bits per heavy atom. The maximum Gasteiger partial charge on any atom is 0.294 e. The van der Waals surface area contributed by atoms with E-state index in [2.05, 4.69) is 19.4 Å². The molecule has 0 bridgehead atoms. The first kappa shape index (κ1) is 23.6. The molecular formula is C20H18Cl2N4O5S2. The number of ether oxygens (including phenoxy) is 2. The molecule has 1 aliphatic rings. The van der Waals surface area contributed by atoms with E-state index >= 15 is 0 Å². The molecule has 1 unspecified atom stereocenters. The van der Waals surface area contributed by atoms with Crippen molar-refractivity contribution in [3.63, 3.8) is 0 Å². The number of benzene rings is 2. The lowest BCUT2D eigenvalue weighted by Crippen LogP contribution is -2.31. The van der Waals surface area contributed by atoms with Crippen molar-refractivity contribution in [2.45, 2.75) is 17.7 Å². The standard InChI is InChI=1S/C20H18Cl2N4O5S2/c1-30-20-24-19(25-32-20)26-33(28,29)14-3-4-16-12(9-14)8-11(18(27)23-16)6-7-31-17-5-2-13(21)10-15(17)22/h2-5,9-11H,6-8H2,1H3,(H,23,27)(H,25,26). The predicted molar refractivity (Wildman–Crippen MR) is 126 cm³/mol. The molecule has 2 heterocycles. The fourth-order valence-electron chi connectivity index (χ4n) is 3.27. The molecule has 9 nitrogen and oxygen atoms in total. The van der Waals surface area contributed by atoms with Crippen molar-refractivity contribution in [3.05, 3.63) is 52.0 Å². The summed E-state index contributed by atoms with van der Waals surface area (Å²) in [4.78, 5) is 16.5. The molecule has 2 aromatic carbocycles. The molecule has 4 rings (SSSR count). The summed E-state index contributed by atoms with van der Waals surface area (Å²) in [5, 5.41) is 3.95. The van der Waals surface area contributed by atoms with Crippen LogP contribution in [0.3, 0.4) is 0 Å². The zero-order valence-electron chi connectivity index (χ0n) is 17.2. The minimum Gasteiger partial charge on any atom is -0.492 e. The van der Waals surface area contributed by atoms with Crippen LogP contribution in [0.1, 0.15) is 12.0 Å². The van der Waals surface area contributed by atoms with Gasteiger partial charge in [0.15, 0.2) is 0 Å². The Labute approximate surface area is 204 Å². The van der Waals surface area contributed by atoms with Gasteiger partial charge in [0.1, 0.15) is 5.75 Å². The number of nitrogens with zero attached hydrogens (tertiary/aromatic N) is 2. The third-order valence-electron chi connectivity index (χ3n) is 4.91. The van der Waals surface area contributed by atoms with Gasteiger partial charge < -0.3 is 14.8 Å². The molecule has 13 heteroatoms. The molecule has 1 aliphatic heterocycles. The van der Waals surface area contributed by atoms with E-state index in [0.29, 0.717) is 39.9 Å². The van der Waals surface area contributed by atoms with Crippen molar-refractivity contribution >= 4 is 62.3 Å². The van der Waals surface area contributed by atoms with Crippen molar-refractivity contribution in [2.24, 2.45) is 5.92 Å².